The molecule has 162 valence electrons. The second-order valence-electron chi connectivity index (χ2n) is 7.68. The van der Waals surface area contributed by atoms with E-state index in [4.69, 9.17) is 9.84 Å². The van der Waals surface area contributed by atoms with Gasteiger partial charge in [0.15, 0.2) is 0 Å². The summed E-state index contributed by atoms with van der Waals surface area (Å²) in [6.45, 7) is 6.06. The van der Waals surface area contributed by atoms with Gasteiger partial charge in [-0.05, 0) is 47.2 Å². The van der Waals surface area contributed by atoms with E-state index in [0.717, 1.165) is 27.8 Å². The molecule has 2 aromatic rings. The minimum absolute atomic E-state index is 0.0886. The van der Waals surface area contributed by atoms with E-state index >= 15 is 0 Å². The molecular formula is C24H29FO5. The van der Waals surface area contributed by atoms with Crippen molar-refractivity contribution < 1.29 is 29.2 Å². The number of carboxylic acids is 1. The largest absolute Gasteiger partial charge is 0.496 e. The highest BCUT2D eigenvalue weighted by atomic mass is 19.1. The molecule has 30 heavy (non-hydrogen) atoms. The Balaban J connectivity index is 2.55. The lowest BCUT2D eigenvalue weighted by Crippen LogP contribution is -2.19. The van der Waals surface area contributed by atoms with Crippen LogP contribution < -0.4 is 4.74 Å². The maximum atomic E-state index is 13.5. The number of rotatable bonds is 9. The number of aliphatic hydroxyl groups is 2. The molecule has 0 fully saturated rings. The molecule has 2 atom stereocenters. The third kappa shape index (κ3) is 5.90. The van der Waals surface area contributed by atoms with Gasteiger partial charge in [-0.3, -0.25) is 4.79 Å². The number of aliphatic carboxylic acids is 1. The quantitative estimate of drug-likeness (QED) is 0.559. The van der Waals surface area contributed by atoms with E-state index in [1.807, 2.05) is 13.0 Å². The lowest BCUT2D eigenvalue weighted by Gasteiger charge is -2.21. The molecule has 6 heteroatoms. The van der Waals surface area contributed by atoms with Crippen LogP contribution in [0, 0.1) is 12.7 Å². The second-order valence-corrected chi connectivity index (χ2v) is 7.68. The zero-order valence-electron chi connectivity index (χ0n) is 17.7. The van der Waals surface area contributed by atoms with Gasteiger partial charge >= 0.3 is 5.97 Å². The van der Waals surface area contributed by atoms with Crippen LogP contribution in [0.2, 0.25) is 0 Å². The molecule has 0 aliphatic carbocycles. The SMILES string of the molecule is COc1c(C)cc(C(C)C)c(C=CC(O)CC(O)CC(=O)O)c1-c1ccc(F)cc1. The van der Waals surface area contributed by atoms with Crippen molar-refractivity contribution >= 4 is 12.0 Å². The first kappa shape index (κ1) is 23.6. The Morgan fingerprint density at radius 1 is 1.20 bits per heavy atom. The monoisotopic (exact) mass is 416 g/mol. The van der Waals surface area contributed by atoms with Gasteiger partial charge in [0.2, 0.25) is 0 Å². The highest BCUT2D eigenvalue weighted by molar-refractivity contribution is 5.84. The molecule has 0 radical (unpaired) electrons. The van der Waals surface area contributed by atoms with E-state index in [9.17, 15) is 19.4 Å². The lowest BCUT2D eigenvalue weighted by atomic mass is 9.87. The molecular weight excluding hydrogens is 387 g/mol. The maximum Gasteiger partial charge on any atom is 0.305 e. The van der Waals surface area contributed by atoms with Crippen molar-refractivity contribution in [1.29, 1.82) is 0 Å². The minimum Gasteiger partial charge on any atom is -0.496 e. The summed E-state index contributed by atoms with van der Waals surface area (Å²) in [6.07, 6.45) is 0.613. The van der Waals surface area contributed by atoms with Crippen LogP contribution in [0.15, 0.2) is 36.4 Å². The zero-order chi connectivity index (χ0) is 22.4. The predicted octanol–water partition coefficient (Wildman–Crippen LogP) is 4.53. The van der Waals surface area contributed by atoms with Gasteiger partial charge < -0.3 is 20.1 Å². The van der Waals surface area contributed by atoms with E-state index in [1.54, 1.807) is 25.3 Å². The second kappa shape index (κ2) is 10.4. The highest BCUT2D eigenvalue weighted by Gasteiger charge is 2.20. The molecule has 0 spiro atoms. The Kier molecular flexibility index (Phi) is 8.15. The van der Waals surface area contributed by atoms with Crippen molar-refractivity contribution in [2.45, 2.75) is 51.7 Å². The predicted molar refractivity (Wildman–Crippen MR) is 115 cm³/mol. The topological polar surface area (TPSA) is 87.0 Å². The van der Waals surface area contributed by atoms with Crippen LogP contribution in [-0.2, 0) is 4.79 Å². The number of aliphatic hydroxyl groups excluding tert-OH is 2. The fraction of sp³-hybridized carbons (Fsp3) is 0.375. The fourth-order valence-electron chi connectivity index (χ4n) is 3.51. The van der Waals surface area contributed by atoms with Gasteiger partial charge in [0, 0.05) is 12.0 Å². The Morgan fingerprint density at radius 3 is 2.37 bits per heavy atom. The number of aryl methyl sites for hydroxylation is 1. The molecule has 0 heterocycles. The third-order valence-electron chi connectivity index (χ3n) is 4.91. The average molecular weight is 416 g/mol. The molecule has 2 rings (SSSR count). The summed E-state index contributed by atoms with van der Waals surface area (Å²) >= 11 is 0. The zero-order valence-corrected chi connectivity index (χ0v) is 17.7. The molecule has 0 aliphatic heterocycles. The number of halogens is 1. The summed E-state index contributed by atoms with van der Waals surface area (Å²) < 4.78 is 19.2. The molecule has 3 N–H and O–H groups in total. The number of benzene rings is 2. The molecule has 2 aromatic carbocycles. The third-order valence-corrected chi connectivity index (χ3v) is 4.91. The van der Waals surface area contributed by atoms with E-state index in [-0.39, 0.29) is 18.2 Å². The standard InChI is InChI=1S/C24H29FO5/c1-14(2)21-11-15(3)24(30-4)23(16-5-7-17(25)8-6-16)20(21)10-9-18(26)12-19(27)13-22(28)29/h5-11,14,18-19,26-27H,12-13H2,1-4H3,(H,28,29). The Morgan fingerprint density at radius 2 is 1.83 bits per heavy atom. The summed E-state index contributed by atoms with van der Waals surface area (Å²) in [4.78, 5) is 10.7. The summed E-state index contributed by atoms with van der Waals surface area (Å²) in [6, 6.07) is 8.16. The van der Waals surface area contributed by atoms with Crippen molar-refractivity contribution in [2.75, 3.05) is 7.11 Å². The van der Waals surface area contributed by atoms with Crippen LogP contribution in [0.1, 0.15) is 49.3 Å². The van der Waals surface area contributed by atoms with Crippen molar-refractivity contribution in [3.05, 3.63) is 58.9 Å². The van der Waals surface area contributed by atoms with Gasteiger partial charge in [0.05, 0.1) is 25.7 Å². The van der Waals surface area contributed by atoms with Crippen molar-refractivity contribution in [3.8, 4) is 16.9 Å². The Bertz CT molecular complexity index is 903. The number of methoxy groups -OCH3 is 1. The summed E-state index contributed by atoms with van der Waals surface area (Å²) in [5.74, 6) is -0.633. The Labute approximate surface area is 176 Å². The molecule has 5 nitrogen and oxygen atoms in total. The van der Waals surface area contributed by atoms with Gasteiger partial charge in [0.25, 0.3) is 0 Å². The van der Waals surface area contributed by atoms with Crippen LogP contribution in [0.25, 0.3) is 17.2 Å². The molecule has 2 unspecified atom stereocenters. The van der Waals surface area contributed by atoms with Gasteiger partial charge in [-0.1, -0.05) is 44.2 Å². The van der Waals surface area contributed by atoms with E-state index in [0.29, 0.717) is 5.75 Å². The summed E-state index contributed by atoms with van der Waals surface area (Å²) in [5.41, 5.74) is 4.36. The van der Waals surface area contributed by atoms with E-state index < -0.39 is 24.6 Å². The number of carboxylic acid groups (broad SMARTS) is 1. The molecule has 0 aliphatic rings. The molecule has 0 amide bonds. The Hall–Kier alpha value is -2.70. The molecule has 0 bridgehead atoms. The normalized spacial score (nSPS) is 13.6. The number of hydrogen-bond acceptors (Lipinski definition) is 4. The molecule has 0 aromatic heterocycles. The van der Waals surface area contributed by atoms with Gasteiger partial charge in [-0.15, -0.1) is 0 Å². The number of carbonyl (C=O) groups is 1. The molecule has 0 saturated heterocycles. The number of hydrogen-bond donors (Lipinski definition) is 3. The highest BCUT2D eigenvalue weighted by Crippen LogP contribution is 2.41. The van der Waals surface area contributed by atoms with Crippen LogP contribution in [0.5, 0.6) is 5.75 Å². The van der Waals surface area contributed by atoms with Crippen LogP contribution >= 0.6 is 0 Å². The summed E-state index contributed by atoms with van der Waals surface area (Å²) in [7, 11) is 1.58. The van der Waals surface area contributed by atoms with Crippen molar-refractivity contribution in [2.24, 2.45) is 0 Å². The van der Waals surface area contributed by atoms with E-state index in [1.165, 1.54) is 18.2 Å². The van der Waals surface area contributed by atoms with Gasteiger partial charge in [-0.2, -0.15) is 0 Å². The van der Waals surface area contributed by atoms with Crippen molar-refractivity contribution in [3.63, 3.8) is 0 Å². The van der Waals surface area contributed by atoms with Crippen LogP contribution in [0.3, 0.4) is 0 Å². The summed E-state index contributed by atoms with van der Waals surface area (Å²) in [5, 5.41) is 28.8. The first-order valence-corrected chi connectivity index (χ1v) is 9.87. The maximum absolute atomic E-state index is 13.5. The first-order valence-electron chi connectivity index (χ1n) is 9.87. The van der Waals surface area contributed by atoms with E-state index in [2.05, 4.69) is 13.8 Å². The first-order chi connectivity index (χ1) is 14.1. The lowest BCUT2D eigenvalue weighted by molar-refractivity contribution is -0.139. The van der Waals surface area contributed by atoms with Crippen molar-refractivity contribution in [1.82, 2.24) is 0 Å². The van der Waals surface area contributed by atoms with Crippen LogP contribution in [-0.4, -0.2) is 40.6 Å². The number of ether oxygens (including phenoxy) is 1. The molecule has 0 saturated carbocycles. The fourth-order valence-corrected chi connectivity index (χ4v) is 3.51. The van der Waals surface area contributed by atoms with Gasteiger partial charge in [0.1, 0.15) is 11.6 Å². The van der Waals surface area contributed by atoms with Gasteiger partial charge in [-0.25, -0.2) is 4.39 Å². The van der Waals surface area contributed by atoms with Crippen LogP contribution in [0.4, 0.5) is 4.39 Å². The average Bonchev–Trinajstić information content (AvgIpc) is 2.66. The minimum atomic E-state index is -1.14. The smallest absolute Gasteiger partial charge is 0.305 e.